The largest absolute Gasteiger partial charge is 0.468 e. The van der Waals surface area contributed by atoms with Crippen LogP contribution in [0.5, 0.6) is 0 Å². The minimum absolute atomic E-state index is 0.113. The zero-order valence-corrected chi connectivity index (χ0v) is 14.5. The summed E-state index contributed by atoms with van der Waals surface area (Å²) in [6.45, 7) is 4.49. The Morgan fingerprint density at radius 3 is 2.48 bits per heavy atom. The number of esters is 1. The molecule has 23 heavy (non-hydrogen) atoms. The highest BCUT2D eigenvalue weighted by Gasteiger charge is 2.15. The molecule has 1 aliphatic rings. The van der Waals surface area contributed by atoms with E-state index >= 15 is 0 Å². The summed E-state index contributed by atoms with van der Waals surface area (Å²) >= 11 is 1.24. The Morgan fingerprint density at radius 1 is 1.22 bits per heavy atom. The highest BCUT2D eigenvalue weighted by Crippen LogP contribution is 2.24. The molecule has 126 valence electrons. The van der Waals surface area contributed by atoms with Gasteiger partial charge in [0.2, 0.25) is 5.91 Å². The number of carbonyl (C=O) groups is 2. The Bertz CT molecular complexity index is 525. The van der Waals surface area contributed by atoms with E-state index in [4.69, 9.17) is 0 Å². The molecule has 1 fully saturated rings. The molecular formula is C17H24N2O3S. The van der Waals surface area contributed by atoms with Gasteiger partial charge in [0.05, 0.1) is 18.6 Å². The smallest absolute Gasteiger partial charge is 0.315 e. The minimum Gasteiger partial charge on any atom is -0.468 e. The summed E-state index contributed by atoms with van der Waals surface area (Å²) in [7, 11) is 1.34. The predicted molar refractivity (Wildman–Crippen MR) is 95.0 cm³/mol. The second-order valence-corrected chi connectivity index (χ2v) is 6.82. The van der Waals surface area contributed by atoms with Crippen LogP contribution in [0.25, 0.3) is 0 Å². The molecule has 6 heteroatoms. The third-order valence-corrected chi connectivity index (χ3v) is 4.89. The van der Waals surface area contributed by atoms with E-state index in [2.05, 4.69) is 21.9 Å². The average molecular weight is 336 g/mol. The van der Waals surface area contributed by atoms with Crippen LogP contribution in [0.15, 0.2) is 24.3 Å². The van der Waals surface area contributed by atoms with E-state index in [0.717, 1.165) is 24.7 Å². The van der Waals surface area contributed by atoms with E-state index in [9.17, 15) is 9.59 Å². The van der Waals surface area contributed by atoms with E-state index in [0.29, 0.717) is 0 Å². The van der Waals surface area contributed by atoms with Gasteiger partial charge in [0, 0.05) is 24.5 Å². The van der Waals surface area contributed by atoms with Crippen molar-refractivity contribution in [3.8, 4) is 0 Å². The lowest BCUT2D eigenvalue weighted by atomic mass is 9.99. The van der Waals surface area contributed by atoms with Crippen molar-refractivity contribution in [1.29, 1.82) is 0 Å². The maximum Gasteiger partial charge on any atom is 0.315 e. The Morgan fingerprint density at radius 2 is 1.87 bits per heavy atom. The van der Waals surface area contributed by atoms with Crippen molar-refractivity contribution in [2.45, 2.75) is 19.8 Å². The van der Waals surface area contributed by atoms with Gasteiger partial charge in [0.1, 0.15) is 0 Å². The standard InChI is InChI=1S/C17H24N2O3S/c1-13-7-9-19(10-8-13)15-5-3-14(4-6-15)18-16(20)11-23-12-17(21)22-2/h3-6,13H,7-12H2,1-2H3,(H,18,20). The minimum atomic E-state index is -0.317. The van der Waals surface area contributed by atoms with Crippen molar-refractivity contribution < 1.29 is 14.3 Å². The Labute approximate surface area is 141 Å². The van der Waals surface area contributed by atoms with Gasteiger partial charge < -0.3 is 15.0 Å². The van der Waals surface area contributed by atoms with Gasteiger partial charge in [-0.05, 0) is 43.0 Å². The van der Waals surface area contributed by atoms with Crippen LogP contribution in [-0.4, -0.2) is 43.6 Å². The Balaban J connectivity index is 1.78. The lowest BCUT2D eigenvalue weighted by molar-refractivity contribution is -0.137. The molecule has 1 aromatic carbocycles. The molecule has 1 aliphatic heterocycles. The molecular weight excluding hydrogens is 312 g/mol. The lowest BCUT2D eigenvalue weighted by Gasteiger charge is -2.32. The Kier molecular flexibility index (Phi) is 6.77. The van der Waals surface area contributed by atoms with Gasteiger partial charge in [-0.25, -0.2) is 0 Å². The van der Waals surface area contributed by atoms with Crippen molar-refractivity contribution in [3.63, 3.8) is 0 Å². The van der Waals surface area contributed by atoms with Crippen molar-refractivity contribution in [1.82, 2.24) is 0 Å². The van der Waals surface area contributed by atoms with Crippen molar-refractivity contribution in [2.75, 3.05) is 41.9 Å². The first-order valence-corrected chi connectivity index (χ1v) is 9.03. The number of ether oxygens (including phenoxy) is 1. The fraction of sp³-hybridized carbons (Fsp3) is 0.529. The molecule has 0 atom stereocenters. The quantitative estimate of drug-likeness (QED) is 0.810. The van der Waals surface area contributed by atoms with E-state index in [1.807, 2.05) is 24.3 Å². The third kappa shape index (κ3) is 5.78. The molecule has 0 unspecified atom stereocenters. The van der Waals surface area contributed by atoms with Gasteiger partial charge in [-0.15, -0.1) is 11.8 Å². The van der Waals surface area contributed by atoms with Crippen LogP contribution >= 0.6 is 11.8 Å². The molecule has 1 saturated heterocycles. The number of amides is 1. The first-order valence-electron chi connectivity index (χ1n) is 7.88. The maximum absolute atomic E-state index is 11.8. The number of hydrogen-bond donors (Lipinski definition) is 1. The number of piperidine rings is 1. The monoisotopic (exact) mass is 336 g/mol. The molecule has 5 nitrogen and oxygen atoms in total. The van der Waals surface area contributed by atoms with E-state index in [1.165, 1.54) is 37.4 Å². The van der Waals surface area contributed by atoms with Crippen LogP contribution in [0.2, 0.25) is 0 Å². The van der Waals surface area contributed by atoms with Crippen LogP contribution in [0.3, 0.4) is 0 Å². The molecule has 0 saturated carbocycles. The molecule has 1 amide bonds. The molecule has 1 aromatic rings. The van der Waals surface area contributed by atoms with Gasteiger partial charge in [0.15, 0.2) is 0 Å². The molecule has 2 rings (SSSR count). The van der Waals surface area contributed by atoms with Gasteiger partial charge in [0.25, 0.3) is 0 Å². The number of thioether (sulfide) groups is 1. The van der Waals surface area contributed by atoms with Crippen LogP contribution in [0, 0.1) is 5.92 Å². The first kappa shape index (κ1) is 17.7. The predicted octanol–water partition coefficient (Wildman–Crippen LogP) is 2.77. The highest BCUT2D eigenvalue weighted by atomic mass is 32.2. The number of carbonyl (C=O) groups excluding carboxylic acids is 2. The second-order valence-electron chi connectivity index (χ2n) is 5.83. The molecule has 0 aliphatic carbocycles. The Hall–Kier alpha value is -1.69. The van der Waals surface area contributed by atoms with E-state index in [-0.39, 0.29) is 23.4 Å². The summed E-state index contributed by atoms with van der Waals surface area (Å²) in [4.78, 5) is 25.2. The van der Waals surface area contributed by atoms with Crippen LogP contribution in [-0.2, 0) is 14.3 Å². The SMILES string of the molecule is COC(=O)CSCC(=O)Nc1ccc(N2CCC(C)CC2)cc1. The number of benzene rings is 1. The summed E-state index contributed by atoms with van der Waals surface area (Å²) in [6, 6.07) is 7.95. The molecule has 0 aromatic heterocycles. The number of nitrogens with zero attached hydrogens (tertiary/aromatic N) is 1. The third-order valence-electron chi connectivity index (χ3n) is 3.98. The number of hydrogen-bond acceptors (Lipinski definition) is 5. The normalized spacial score (nSPS) is 15.3. The van der Waals surface area contributed by atoms with Crippen molar-refractivity contribution in [3.05, 3.63) is 24.3 Å². The van der Waals surface area contributed by atoms with E-state index in [1.54, 1.807) is 0 Å². The van der Waals surface area contributed by atoms with Gasteiger partial charge in [-0.2, -0.15) is 0 Å². The fourth-order valence-corrected chi connectivity index (χ4v) is 3.15. The van der Waals surface area contributed by atoms with Gasteiger partial charge in [-0.3, -0.25) is 9.59 Å². The molecule has 1 heterocycles. The van der Waals surface area contributed by atoms with Crippen molar-refractivity contribution >= 4 is 35.0 Å². The number of anilines is 2. The van der Waals surface area contributed by atoms with Crippen LogP contribution < -0.4 is 10.2 Å². The second kappa shape index (κ2) is 8.82. The maximum atomic E-state index is 11.8. The summed E-state index contributed by atoms with van der Waals surface area (Å²) in [6.07, 6.45) is 2.46. The zero-order chi connectivity index (χ0) is 16.7. The molecule has 0 bridgehead atoms. The topological polar surface area (TPSA) is 58.6 Å². The van der Waals surface area contributed by atoms with Gasteiger partial charge in [-0.1, -0.05) is 6.92 Å². The number of nitrogens with one attached hydrogen (secondary N) is 1. The lowest BCUT2D eigenvalue weighted by Crippen LogP contribution is -2.32. The molecule has 1 N–H and O–H groups in total. The highest BCUT2D eigenvalue weighted by molar-refractivity contribution is 8.00. The summed E-state index contributed by atoms with van der Waals surface area (Å²) in [5.74, 6) is 0.811. The summed E-state index contributed by atoms with van der Waals surface area (Å²) in [5.41, 5.74) is 1.98. The summed E-state index contributed by atoms with van der Waals surface area (Å²) in [5, 5.41) is 2.84. The fourth-order valence-electron chi connectivity index (χ4n) is 2.51. The average Bonchev–Trinajstić information content (AvgIpc) is 2.56. The van der Waals surface area contributed by atoms with Gasteiger partial charge >= 0.3 is 5.97 Å². The van der Waals surface area contributed by atoms with Crippen LogP contribution in [0.4, 0.5) is 11.4 Å². The van der Waals surface area contributed by atoms with E-state index < -0.39 is 0 Å². The van der Waals surface area contributed by atoms with Crippen LogP contribution in [0.1, 0.15) is 19.8 Å². The molecule has 0 spiro atoms. The summed E-state index contributed by atoms with van der Waals surface area (Å²) < 4.78 is 4.53. The number of rotatable bonds is 6. The first-order chi connectivity index (χ1) is 11.1. The van der Waals surface area contributed by atoms with Crippen molar-refractivity contribution in [2.24, 2.45) is 5.92 Å². The number of methoxy groups -OCH3 is 1. The zero-order valence-electron chi connectivity index (χ0n) is 13.7. The molecule has 0 radical (unpaired) electrons.